The Balaban J connectivity index is 0.000000181. The summed E-state index contributed by atoms with van der Waals surface area (Å²) in [5, 5.41) is 15.3. The summed E-state index contributed by atoms with van der Waals surface area (Å²) in [6.45, 7) is 20.0. The Morgan fingerprint density at radius 2 is 1.07 bits per heavy atom. The Kier molecular flexibility index (Phi) is 13.4. The van der Waals surface area contributed by atoms with E-state index in [0.717, 1.165) is 112 Å². The smallest absolute Gasteiger partial charge is 0.237 e. The van der Waals surface area contributed by atoms with Crippen LogP contribution < -0.4 is 9.47 Å². The molecule has 0 spiro atoms. The molecule has 0 atom stereocenters. The molecule has 5 aliphatic rings. The molecule has 5 fully saturated rings. The molecule has 2 amide bonds. The van der Waals surface area contributed by atoms with Crippen LogP contribution in [0.5, 0.6) is 11.8 Å². The summed E-state index contributed by atoms with van der Waals surface area (Å²) in [5.74, 6) is 2.23. The Morgan fingerprint density at radius 3 is 1.58 bits per heavy atom. The van der Waals surface area contributed by atoms with Crippen molar-refractivity contribution < 1.29 is 19.1 Å². The van der Waals surface area contributed by atoms with Gasteiger partial charge in [-0.05, 0) is 168 Å². The minimum absolute atomic E-state index is 0.220. The van der Waals surface area contributed by atoms with E-state index >= 15 is 0 Å². The van der Waals surface area contributed by atoms with Crippen molar-refractivity contribution in [1.82, 2.24) is 35.1 Å². The SMILES string of the molecule is Cc1cc(C)cc(-c2[nH]nc(OCC(C)(C)C(=O)N3C4CCC3CC4)c2CN2CCC(c3ccccc3)CC2)c1.Cc1cc(C)cc(-c2cc(OCC(C)(C)C(=O)N3C4CCC3CC4)n[nH]2)c1. The summed E-state index contributed by atoms with van der Waals surface area (Å²) >= 11 is 0. The molecule has 356 valence electrons. The number of fused-ring (bicyclic) bond motifs is 4. The Bertz CT molecular complexity index is 2450. The first-order valence-corrected chi connectivity index (χ1v) is 25.1. The van der Waals surface area contributed by atoms with E-state index in [0.29, 0.717) is 55.1 Å². The largest absolute Gasteiger partial charge is 0.475 e. The molecular formula is C56H73N7O4. The summed E-state index contributed by atoms with van der Waals surface area (Å²) in [6, 6.07) is 27.6. The summed E-state index contributed by atoms with van der Waals surface area (Å²) < 4.78 is 12.4. The van der Waals surface area contributed by atoms with Crippen molar-refractivity contribution in [2.45, 2.75) is 156 Å². The minimum Gasteiger partial charge on any atom is -0.475 e. The molecule has 0 aliphatic carbocycles. The van der Waals surface area contributed by atoms with Crippen molar-refractivity contribution in [3.63, 3.8) is 0 Å². The number of aryl methyl sites for hydroxylation is 4. The predicted octanol–water partition coefficient (Wildman–Crippen LogP) is 10.9. The molecule has 2 aromatic heterocycles. The number of amides is 2. The van der Waals surface area contributed by atoms with Crippen LogP contribution in [0.3, 0.4) is 0 Å². The molecule has 11 heteroatoms. The number of nitrogens with zero attached hydrogens (tertiary/aromatic N) is 5. The van der Waals surface area contributed by atoms with Crippen LogP contribution in [0.15, 0.2) is 72.8 Å². The average molecular weight is 908 g/mol. The highest BCUT2D eigenvalue weighted by Crippen LogP contribution is 2.42. The van der Waals surface area contributed by atoms with Gasteiger partial charge in [0.1, 0.15) is 13.2 Å². The number of benzene rings is 3. The lowest BCUT2D eigenvalue weighted by atomic mass is 9.89. The first-order chi connectivity index (χ1) is 32.1. The van der Waals surface area contributed by atoms with Crippen molar-refractivity contribution in [3.05, 3.63) is 106 Å². The van der Waals surface area contributed by atoms with E-state index in [4.69, 9.17) is 9.47 Å². The lowest BCUT2D eigenvalue weighted by Gasteiger charge is -2.33. The number of likely N-dealkylation sites (tertiary alicyclic amines) is 1. The molecule has 2 N–H and O–H groups in total. The van der Waals surface area contributed by atoms with Gasteiger partial charge in [0.2, 0.25) is 23.6 Å². The van der Waals surface area contributed by atoms with Crippen LogP contribution in [0.1, 0.15) is 131 Å². The molecule has 3 aromatic carbocycles. The molecular weight excluding hydrogens is 835 g/mol. The number of piperidine rings is 1. The molecule has 67 heavy (non-hydrogen) atoms. The van der Waals surface area contributed by atoms with Crippen LogP contribution in [0, 0.1) is 38.5 Å². The van der Waals surface area contributed by atoms with Crippen molar-refractivity contribution in [1.29, 1.82) is 0 Å². The molecule has 10 rings (SSSR count). The molecule has 4 bridgehead atoms. The zero-order valence-electron chi connectivity index (χ0n) is 41.3. The van der Waals surface area contributed by atoms with Gasteiger partial charge in [0.15, 0.2) is 0 Å². The molecule has 5 saturated heterocycles. The molecule has 5 aromatic rings. The molecule has 7 heterocycles. The molecule has 0 saturated carbocycles. The average Bonchev–Trinajstić information content (AvgIpc) is 4.19. The third-order valence-corrected chi connectivity index (χ3v) is 15.4. The number of aromatic nitrogens is 4. The quantitative estimate of drug-likeness (QED) is 0.121. The monoisotopic (exact) mass is 908 g/mol. The number of ether oxygens (including phenoxy) is 2. The fraction of sp³-hybridized carbons (Fsp3) is 0.536. The molecule has 0 unspecified atom stereocenters. The number of carbonyl (C=O) groups excluding carboxylic acids is 2. The Morgan fingerprint density at radius 1 is 0.597 bits per heavy atom. The Hall–Kier alpha value is -5.42. The van der Waals surface area contributed by atoms with Gasteiger partial charge in [-0.25, -0.2) is 0 Å². The van der Waals surface area contributed by atoms with E-state index in [9.17, 15) is 9.59 Å². The van der Waals surface area contributed by atoms with Crippen LogP contribution in [0.4, 0.5) is 0 Å². The van der Waals surface area contributed by atoms with E-state index < -0.39 is 10.8 Å². The summed E-state index contributed by atoms with van der Waals surface area (Å²) in [4.78, 5) is 33.5. The van der Waals surface area contributed by atoms with Gasteiger partial charge in [0, 0.05) is 47.9 Å². The maximum absolute atomic E-state index is 13.6. The van der Waals surface area contributed by atoms with E-state index in [1.807, 2.05) is 33.8 Å². The van der Waals surface area contributed by atoms with Crippen molar-refractivity contribution in [2.24, 2.45) is 10.8 Å². The maximum Gasteiger partial charge on any atom is 0.237 e. The highest BCUT2D eigenvalue weighted by molar-refractivity contribution is 5.84. The van der Waals surface area contributed by atoms with Gasteiger partial charge in [0.25, 0.3) is 0 Å². The van der Waals surface area contributed by atoms with Crippen molar-refractivity contribution in [2.75, 3.05) is 26.3 Å². The maximum atomic E-state index is 13.6. The number of H-pyrrole nitrogens is 2. The highest BCUT2D eigenvalue weighted by Gasteiger charge is 2.48. The van der Waals surface area contributed by atoms with E-state index in [1.54, 1.807) is 0 Å². The fourth-order valence-corrected chi connectivity index (χ4v) is 11.8. The number of carbonyl (C=O) groups is 2. The van der Waals surface area contributed by atoms with Crippen LogP contribution >= 0.6 is 0 Å². The zero-order chi connectivity index (χ0) is 47.0. The van der Waals surface area contributed by atoms with Crippen molar-refractivity contribution in [3.8, 4) is 34.3 Å². The van der Waals surface area contributed by atoms with Gasteiger partial charge in [-0.2, -0.15) is 0 Å². The van der Waals surface area contributed by atoms with Crippen LogP contribution in [-0.4, -0.2) is 97.4 Å². The predicted molar refractivity (Wildman–Crippen MR) is 265 cm³/mol. The number of hydrogen-bond donors (Lipinski definition) is 2. The number of hydrogen-bond acceptors (Lipinski definition) is 7. The van der Waals surface area contributed by atoms with E-state index in [-0.39, 0.29) is 11.8 Å². The molecule has 0 radical (unpaired) electrons. The second kappa shape index (κ2) is 19.3. The normalized spacial score (nSPS) is 21.7. The van der Waals surface area contributed by atoms with Gasteiger partial charge in [0.05, 0.1) is 27.8 Å². The fourth-order valence-electron chi connectivity index (χ4n) is 11.8. The standard InChI is InChI=1S/C34H44N4O2.C22H29N3O2/c1-23-18-24(2)20-27(19-23)31-30(21-37-16-14-26(15-17-37)25-8-6-5-7-9-25)32(36-35-31)40-22-34(3,4)33(39)38-28-10-11-29(38)13-12-28;1-14-9-15(2)11-16(10-14)19-12-20(24-23-19)27-13-22(3,4)21(26)25-17-5-6-18(25)8-7-17/h5-9,18-20,26,28-29H,10-17,21-22H2,1-4H3,(H,35,36);9-12,17-18H,5-8,13H2,1-4H3,(H,23,24). The topological polar surface area (TPSA) is 120 Å². The van der Waals surface area contributed by atoms with Crippen LogP contribution in [0.2, 0.25) is 0 Å². The third kappa shape index (κ3) is 10.2. The van der Waals surface area contributed by atoms with Crippen LogP contribution in [0.25, 0.3) is 22.5 Å². The third-order valence-electron chi connectivity index (χ3n) is 15.4. The second-order valence-corrected chi connectivity index (χ2v) is 21.9. The summed E-state index contributed by atoms with van der Waals surface area (Å²) in [5.41, 5.74) is 10.5. The number of rotatable bonds is 13. The van der Waals surface area contributed by atoms with Gasteiger partial charge in [-0.15, -0.1) is 10.2 Å². The van der Waals surface area contributed by atoms with Gasteiger partial charge >= 0.3 is 0 Å². The Labute approximate surface area is 398 Å². The lowest BCUT2D eigenvalue weighted by Crippen LogP contribution is -2.46. The zero-order valence-corrected chi connectivity index (χ0v) is 41.3. The second-order valence-electron chi connectivity index (χ2n) is 21.9. The lowest BCUT2D eigenvalue weighted by molar-refractivity contribution is -0.144. The first-order valence-electron chi connectivity index (χ1n) is 25.1. The van der Waals surface area contributed by atoms with E-state index in [2.05, 4.69) is 130 Å². The number of aromatic amines is 2. The summed E-state index contributed by atoms with van der Waals surface area (Å²) in [7, 11) is 0. The highest BCUT2D eigenvalue weighted by atomic mass is 16.5. The van der Waals surface area contributed by atoms with Gasteiger partial charge in [-0.3, -0.25) is 24.7 Å². The number of nitrogens with one attached hydrogen (secondary N) is 2. The first kappa shape index (κ1) is 46.7. The van der Waals surface area contributed by atoms with E-state index in [1.165, 1.54) is 27.8 Å². The molecule has 11 nitrogen and oxygen atoms in total. The van der Waals surface area contributed by atoms with Gasteiger partial charge < -0.3 is 19.3 Å². The summed E-state index contributed by atoms with van der Waals surface area (Å²) in [6.07, 6.45) is 11.5. The van der Waals surface area contributed by atoms with Gasteiger partial charge in [-0.1, -0.05) is 64.7 Å². The minimum atomic E-state index is -0.602. The molecule has 5 aliphatic heterocycles. The van der Waals surface area contributed by atoms with Crippen molar-refractivity contribution >= 4 is 11.8 Å². The van der Waals surface area contributed by atoms with Crippen LogP contribution in [-0.2, 0) is 16.1 Å².